The standard InChI is InChI=1S/C15H20ClNO5/c1-15(2,3)22-14(20)17-11(13(19)21-4)8-9-7-10(16)5-6-12(9)18/h5-7,11,18H,8H2,1-4H3,(H,17,20)/t11-/m0/s1. The molecule has 1 atom stereocenters. The van der Waals surface area contributed by atoms with E-state index >= 15 is 0 Å². The number of amides is 1. The fourth-order valence-electron chi connectivity index (χ4n) is 1.72. The van der Waals surface area contributed by atoms with Crippen molar-refractivity contribution in [3.05, 3.63) is 28.8 Å². The Balaban J connectivity index is 2.87. The van der Waals surface area contributed by atoms with Crippen molar-refractivity contribution in [3.63, 3.8) is 0 Å². The lowest BCUT2D eigenvalue weighted by Crippen LogP contribution is -2.45. The number of phenols is 1. The molecule has 0 heterocycles. The smallest absolute Gasteiger partial charge is 0.408 e. The number of esters is 1. The van der Waals surface area contributed by atoms with E-state index in [0.29, 0.717) is 10.6 Å². The summed E-state index contributed by atoms with van der Waals surface area (Å²) in [6.07, 6.45) is -0.720. The molecule has 1 rings (SSSR count). The molecule has 0 bridgehead atoms. The Kier molecular flexibility index (Phi) is 6.05. The van der Waals surface area contributed by atoms with E-state index < -0.39 is 23.7 Å². The van der Waals surface area contributed by atoms with E-state index in [9.17, 15) is 14.7 Å². The van der Waals surface area contributed by atoms with E-state index in [4.69, 9.17) is 16.3 Å². The minimum absolute atomic E-state index is 0.0238. The van der Waals surface area contributed by atoms with Crippen LogP contribution in [0, 0.1) is 0 Å². The maximum absolute atomic E-state index is 11.8. The molecule has 0 spiro atoms. The fraction of sp³-hybridized carbons (Fsp3) is 0.467. The van der Waals surface area contributed by atoms with Crippen molar-refractivity contribution in [2.24, 2.45) is 0 Å². The molecule has 0 radical (unpaired) electrons. The van der Waals surface area contributed by atoms with Crippen LogP contribution in [0.4, 0.5) is 4.79 Å². The molecule has 2 N–H and O–H groups in total. The van der Waals surface area contributed by atoms with Crippen molar-refractivity contribution < 1.29 is 24.2 Å². The molecule has 6 nitrogen and oxygen atoms in total. The van der Waals surface area contributed by atoms with Gasteiger partial charge in [0.2, 0.25) is 0 Å². The molecule has 0 aliphatic rings. The molecule has 22 heavy (non-hydrogen) atoms. The molecule has 122 valence electrons. The lowest BCUT2D eigenvalue weighted by Gasteiger charge is -2.22. The van der Waals surface area contributed by atoms with Crippen LogP contribution in [0.1, 0.15) is 26.3 Å². The first-order valence-corrected chi connectivity index (χ1v) is 7.05. The van der Waals surface area contributed by atoms with E-state index in [1.54, 1.807) is 20.8 Å². The van der Waals surface area contributed by atoms with E-state index in [0.717, 1.165) is 0 Å². The summed E-state index contributed by atoms with van der Waals surface area (Å²) in [5, 5.41) is 12.6. The van der Waals surface area contributed by atoms with Crippen LogP contribution in [0.15, 0.2) is 18.2 Å². The van der Waals surface area contributed by atoms with Gasteiger partial charge in [0.25, 0.3) is 0 Å². The lowest BCUT2D eigenvalue weighted by molar-refractivity contribution is -0.143. The third kappa shape index (κ3) is 5.81. The molecule has 0 saturated carbocycles. The maximum atomic E-state index is 11.8. The Morgan fingerprint density at radius 1 is 1.36 bits per heavy atom. The van der Waals surface area contributed by atoms with Crippen LogP contribution in [-0.4, -0.2) is 35.9 Å². The second-order valence-corrected chi connectivity index (χ2v) is 6.14. The summed E-state index contributed by atoms with van der Waals surface area (Å²) in [5.74, 6) is -0.672. The number of carbonyl (C=O) groups is 2. The van der Waals surface area contributed by atoms with Gasteiger partial charge in [0.15, 0.2) is 0 Å². The first-order valence-electron chi connectivity index (χ1n) is 6.67. The molecule has 0 unspecified atom stereocenters. The van der Waals surface area contributed by atoms with E-state index in [1.165, 1.54) is 25.3 Å². The van der Waals surface area contributed by atoms with Crippen LogP contribution in [0.25, 0.3) is 0 Å². The van der Waals surface area contributed by atoms with Gasteiger partial charge in [-0.2, -0.15) is 0 Å². The number of carbonyl (C=O) groups excluding carboxylic acids is 2. The molecule has 0 aromatic heterocycles. The SMILES string of the molecule is COC(=O)[C@H](Cc1cc(Cl)ccc1O)NC(=O)OC(C)(C)C. The number of aromatic hydroxyl groups is 1. The third-order valence-corrected chi connectivity index (χ3v) is 2.88. The van der Waals surface area contributed by atoms with E-state index in [1.807, 2.05) is 0 Å². The number of benzene rings is 1. The predicted octanol–water partition coefficient (Wildman–Crippen LogP) is 2.65. The number of phenolic OH excluding ortho intramolecular Hbond substituents is 1. The minimum Gasteiger partial charge on any atom is -0.508 e. The fourth-order valence-corrected chi connectivity index (χ4v) is 1.92. The van der Waals surface area contributed by atoms with Gasteiger partial charge in [0.1, 0.15) is 17.4 Å². The summed E-state index contributed by atoms with van der Waals surface area (Å²) in [5.41, 5.74) is -0.276. The van der Waals surface area contributed by atoms with Crippen LogP contribution in [-0.2, 0) is 20.7 Å². The summed E-state index contributed by atoms with van der Waals surface area (Å²) < 4.78 is 9.77. The van der Waals surface area contributed by atoms with Crippen molar-refractivity contribution in [3.8, 4) is 5.75 Å². The first-order chi connectivity index (χ1) is 10.1. The largest absolute Gasteiger partial charge is 0.508 e. The summed E-state index contributed by atoms with van der Waals surface area (Å²) in [6.45, 7) is 5.13. The number of rotatable bonds is 4. The number of methoxy groups -OCH3 is 1. The van der Waals surface area contributed by atoms with Gasteiger partial charge in [-0.05, 0) is 44.5 Å². The van der Waals surface area contributed by atoms with Crippen molar-refractivity contribution >= 4 is 23.7 Å². The van der Waals surface area contributed by atoms with Gasteiger partial charge in [0.05, 0.1) is 7.11 Å². The number of hydrogen-bond acceptors (Lipinski definition) is 5. The molecule has 0 fully saturated rings. The zero-order valence-corrected chi connectivity index (χ0v) is 13.7. The summed E-state index contributed by atoms with van der Waals surface area (Å²) in [4.78, 5) is 23.6. The van der Waals surface area contributed by atoms with Crippen molar-refractivity contribution in [1.82, 2.24) is 5.32 Å². The van der Waals surface area contributed by atoms with Crippen molar-refractivity contribution in [2.45, 2.75) is 38.8 Å². The number of nitrogens with one attached hydrogen (secondary N) is 1. The van der Waals surface area contributed by atoms with Gasteiger partial charge in [-0.25, -0.2) is 9.59 Å². The monoisotopic (exact) mass is 329 g/mol. The first kappa shape index (κ1) is 18.1. The molecular weight excluding hydrogens is 310 g/mol. The molecular formula is C15H20ClNO5. The molecule has 1 aromatic carbocycles. The van der Waals surface area contributed by atoms with Crippen LogP contribution in [0.2, 0.25) is 5.02 Å². The Bertz CT molecular complexity index is 553. The molecule has 1 amide bonds. The summed E-state index contributed by atoms with van der Waals surface area (Å²) in [7, 11) is 1.21. The average molecular weight is 330 g/mol. The zero-order valence-electron chi connectivity index (χ0n) is 13.0. The highest BCUT2D eigenvalue weighted by molar-refractivity contribution is 6.30. The Hall–Kier alpha value is -1.95. The second-order valence-electron chi connectivity index (χ2n) is 5.70. The van der Waals surface area contributed by atoms with Crippen molar-refractivity contribution in [2.75, 3.05) is 7.11 Å². The Labute approximate surface area is 134 Å². The van der Waals surface area contributed by atoms with Crippen LogP contribution < -0.4 is 5.32 Å². The molecule has 0 aliphatic heterocycles. The van der Waals surface area contributed by atoms with Gasteiger partial charge in [-0.1, -0.05) is 11.6 Å². The van der Waals surface area contributed by atoms with Gasteiger partial charge >= 0.3 is 12.1 Å². The van der Waals surface area contributed by atoms with Gasteiger partial charge in [-0.15, -0.1) is 0 Å². The summed E-state index contributed by atoms with van der Waals surface area (Å²) >= 11 is 5.87. The quantitative estimate of drug-likeness (QED) is 0.829. The highest BCUT2D eigenvalue weighted by Gasteiger charge is 2.26. The maximum Gasteiger partial charge on any atom is 0.408 e. The Morgan fingerprint density at radius 3 is 2.55 bits per heavy atom. The molecule has 1 aromatic rings. The van der Waals surface area contributed by atoms with Crippen LogP contribution in [0.3, 0.4) is 0 Å². The minimum atomic E-state index is -0.996. The van der Waals surface area contributed by atoms with Gasteiger partial charge in [-0.3, -0.25) is 0 Å². The van der Waals surface area contributed by atoms with Gasteiger partial charge < -0.3 is 19.9 Å². The normalized spacial score (nSPS) is 12.4. The van der Waals surface area contributed by atoms with E-state index in [-0.39, 0.29) is 12.2 Å². The average Bonchev–Trinajstić information content (AvgIpc) is 2.39. The van der Waals surface area contributed by atoms with Crippen molar-refractivity contribution in [1.29, 1.82) is 0 Å². The Morgan fingerprint density at radius 2 is 2.00 bits per heavy atom. The highest BCUT2D eigenvalue weighted by atomic mass is 35.5. The number of alkyl carbamates (subject to hydrolysis) is 1. The molecule has 0 aliphatic carbocycles. The topological polar surface area (TPSA) is 84.9 Å². The van der Waals surface area contributed by atoms with Gasteiger partial charge in [0, 0.05) is 11.4 Å². The zero-order chi connectivity index (χ0) is 16.9. The van der Waals surface area contributed by atoms with Crippen LogP contribution in [0.5, 0.6) is 5.75 Å². The lowest BCUT2D eigenvalue weighted by atomic mass is 10.1. The molecule has 0 saturated heterocycles. The third-order valence-electron chi connectivity index (χ3n) is 2.64. The highest BCUT2D eigenvalue weighted by Crippen LogP contribution is 2.23. The number of halogens is 1. The number of hydrogen-bond donors (Lipinski definition) is 2. The summed E-state index contributed by atoms with van der Waals surface area (Å²) in [6, 6.07) is 3.46. The predicted molar refractivity (Wildman–Crippen MR) is 82.0 cm³/mol. The number of ether oxygens (including phenoxy) is 2. The molecule has 7 heteroatoms. The van der Waals surface area contributed by atoms with E-state index in [2.05, 4.69) is 10.1 Å². The second kappa shape index (κ2) is 7.35. The van der Waals surface area contributed by atoms with Crippen LogP contribution >= 0.6 is 11.6 Å².